The van der Waals surface area contributed by atoms with Gasteiger partial charge in [0.2, 0.25) is 0 Å². The van der Waals surface area contributed by atoms with Gasteiger partial charge in [-0.1, -0.05) is 56.5 Å². The first kappa shape index (κ1) is 15.4. The van der Waals surface area contributed by atoms with E-state index in [9.17, 15) is 9.50 Å². The molecule has 0 aliphatic heterocycles. The van der Waals surface area contributed by atoms with Crippen molar-refractivity contribution in [2.75, 3.05) is 5.32 Å². The predicted octanol–water partition coefficient (Wildman–Crippen LogP) is 5.26. The van der Waals surface area contributed by atoms with E-state index in [2.05, 4.69) is 24.4 Å². The van der Waals surface area contributed by atoms with Crippen molar-refractivity contribution in [2.45, 2.75) is 38.6 Å². The van der Waals surface area contributed by atoms with Crippen LogP contribution in [0.4, 0.5) is 10.1 Å². The average Bonchev–Trinajstić information content (AvgIpc) is 2.51. The first-order valence-corrected chi connectivity index (χ1v) is 7.50. The smallest absolute Gasteiger partial charge is 0.166 e. The Balaban J connectivity index is 2.13. The molecule has 0 heterocycles. The predicted molar refractivity (Wildman–Crippen MR) is 85.0 cm³/mol. The number of nitrogens with one attached hydrogen (secondary N) is 1. The largest absolute Gasteiger partial charge is 0.505 e. The maximum Gasteiger partial charge on any atom is 0.166 e. The summed E-state index contributed by atoms with van der Waals surface area (Å²) >= 11 is 0. The minimum absolute atomic E-state index is 0.154. The Bertz CT molecular complexity index is 556. The van der Waals surface area contributed by atoms with Gasteiger partial charge >= 0.3 is 0 Å². The van der Waals surface area contributed by atoms with Crippen LogP contribution < -0.4 is 5.32 Å². The third kappa shape index (κ3) is 4.48. The summed E-state index contributed by atoms with van der Waals surface area (Å²) < 4.78 is 13.4. The quantitative estimate of drug-likeness (QED) is 0.537. The van der Waals surface area contributed by atoms with Gasteiger partial charge in [0.05, 0.1) is 6.04 Å². The molecule has 2 aromatic rings. The van der Waals surface area contributed by atoms with Crippen molar-refractivity contribution in [1.82, 2.24) is 0 Å². The topological polar surface area (TPSA) is 32.3 Å². The molecule has 0 fully saturated rings. The van der Waals surface area contributed by atoms with Crippen molar-refractivity contribution in [3.05, 3.63) is 59.9 Å². The molecule has 0 spiro atoms. The van der Waals surface area contributed by atoms with Gasteiger partial charge in [0, 0.05) is 11.8 Å². The number of benzene rings is 2. The molecule has 0 saturated heterocycles. The molecule has 3 heteroatoms. The Morgan fingerprint density at radius 2 is 1.86 bits per heavy atom. The first-order chi connectivity index (χ1) is 10.2. The van der Waals surface area contributed by atoms with Crippen molar-refractivity contribution in [1.29, 1.82) is 0 Å². The van der Waals surface area contributed by atoms with Crippen LogP contribution >= 0.6 is 0 Å². The number of hydrogen-bond donors (Lipinski definition) is 2. The molecule has 0 bridgehead atoms. The van der Waals surface area contributed by atoms with E-state index in [1.54, 1.807) is 6.07 Å². The van der Waals surface area contributed by atoms with E-state index in [-0.39, 0.29) is 11.8 Å². The fourth-order valence-electron chi connectivity index (χ4n) is 2.40. The molecule has 2 nitrogen and oxygen atoms in total. The zero-order chi connectivity index (χ0) is 15.1. The Hall–Kier alpha value is -2.03. The third-order valence-electron chi connectivity index (χ3n) is 3.59. The second-order valence-electron chi connectivity index (χ2n) is 5.27. The lowest BCUT2D eigenvalue weighted by Crippen LogP contribution is -2.11. The van der Waals surface area contributed by atoms with Crippen molar-refractivity contribution < 1.29 is 9.50 Å². The lowest BCUT2D eigenvalue weighted by atomic mass is 10.00. The van der Waals surface area contributed by atoms with Crippen LogP contribution in [0, 0.1) is 5.82 Å². The molecule has 0 amide bonds. The molecule has 2 rings (SSSR count). The lowest BCUT2D eigenvalue weighted by molar-refractivity contribution is 0.432. The van der Waals surface area contributed by atoms with Crippen LogP contribution in [-0.2, 0) is 0 Å². The summed E-state index contributed by atoms with van der Waals surface area (Å²) in [4.78, 5) is 0. The summed E-state index contributed by atoms with van der Waals surface area (Å²) in [7, 11) is 0. The maximum absolute atomic E-state index is 13.4. The number of halogens is 1. The normalized spacial score (nSPS) is 12.1. The summed E-state index contributed by atoms with van der Waals surface area (Å²) in [5.74, 6) is -0.914. The Kier molecular flexibility index (Phi) is 5.61. The van der Waals surface area contributed by atoms with Crippen LogP contribution in [0.5, 0.6) is 5.75 Å². The minimum atomic E-state index is -0.597. The van der Waals surface area contributed by atoms with Crippen LogP contribution in [0.2, 0.25) is 0 Å². The Morgan fingerprint density at radius 1 is 1.10 bits per heavy atom. The summed E-state index contributed by atoms with van der Waals surface area (Å²) in [6.07, 6.45) is 4.49. The van der Waals surface area contributed by atoms with Crippen LogP contribution in [0.15, 0.2) is 48.5 Å². The molecule has 0 aliphatic rings. The second-order valence-corrected chi connectivity index (χ2v) is 5.27. The Labute approximate surface area is 125 Å². The van der Waals surface area contributed by atoms with Gasteiger partial charge in [-0.2, -0.15) is 0 Å². The van der Waals surface area contributed by atoms with E-state index in [1.807, 2.05) is 18.2 Å². The zero-order valence-electron chi connectivity index (χ0n) is 12.3. The molecule has 0 radical (unpaired) electrons. The number of phenols is 1. The highest BCUT2D eigenvalue weighted by atomic mass is 19.1. The Morgan fingerprint density at radius 3 is 2.52 bits per heavy atom. The maximum atomic E-state index is 13.4. The molecule has 0 aliphatic carbocycles. The molecule has 21 heavy (non-hydrogen) atoms. The van der Waals surface area contributed by atoms with Crippen molar-refractivity contribution in [2.24, 2.45) is 0 Å². The molecule has 1 unspecified atom stereocenters. The molecule has 2 N–H and O–H groups in total. The fourth-order valence-corrected chi connectivity index (χ4v) is 2.40. The molecular formula is C18H22FNO. The number of unbranched alkanes of at least 4 members (excludes halogenated alkanes) is 2. The van der Waals surface area contributed by atoms with E-state index in [4.69, 9.17) is 0 Å². The monoisotopic (exact) mass is 287 g/mol. The van der Waals surface area contributed by atoms with Crippen LogP contribution in [0.1, 0.15) is 44.2 Å². The standard InChI is InChI=1S/C18H22FNO/c1-2-3-5-10-17(14-8-6-4-7-9-14)20-15-11-12-18(21)16(19)13-15/h4,6-9,11-13,17,20-21H,2-3,5,10H2,1H3. The van der Waals surface area contributed by atoms with Gasteiger partial charge in [-0.25, -0.2) is 4.39 Å². The molecule has 2 aromatic carbocycles. The van der Waals surface area contributed by atoms with Gasteiger partial charge in [-0.15, -0.1) is 0 Å². The highest BCUT2D eigenvalue weighted by Gasteiger charge is 2.12. The molecule has 0 aromatic heterocycles. The number of rotatable bonds is 7. The van der Waals surface area contributed by atoms with Crippen molar-refractivity contribution >= 4 is 5.69 Å². The summed E-state index contributed by atoms with van der Waals surface area (Å²) in [6.45, 7) is 2.18. The van der Waals surface area contributed by atoms with Crippen molar-refractivity contribution in [3.63, 3.8) is 0 Å². The average molecular weight is 287 g/mol. The molecule has 1 atom stereocenters. The van der Waals surface area contributed by atoms with Crippen molar-refractivity contribution in [3.8, 4) is 5.75 Å². The highest BCUT2D eigenvalue weighted by molar-refractivity contribution is 5.48. The second kappa shape index (κ2) is 7.67. The van der Waals surface area contributed by atoms with Crippen LogP contribution in [0.3, 0.4) is 0 Å². The molecule has 0 saturated carbocycles. The number of aromatic hydroxyl groups is 1. The van der Waals surface area contributed by atoms with Gasteiger partial charge in [0.1, 0.15) is 0 Å². The van der Waals surface area contributed by atoms with E-state index in [0.717, 1.165) is 12.8 Å². The summed E-state index contributed by atoms with van der Waals surface area (Å²) in [5.41, 5.74) is 1.89. The molecular weight excluding hydrogens is 265 g/mol. The van der Waals surface area contributed by atoms with Gasteiger partial charge < -0.3 is 10.4 Å². The van der Waals surface area contributed by atoms with Gasteiger partial charge in [0.15, 0.2) is 11.6 Å². The van der Waals surface area contributed by atoms with Crippen LogP contribution in [-0.4, -0.2) is 5.11 Å². The van der Waals surface area contributed by atoms with E-state index in [0.29, 0.717) is 5.69 Å². The van der Waals surface area contributed by atoms with E-state index < -0.39 is 5.82 Å². The third-order valence-corrected chi connectivity index (χ3v) is 3.59. The SMILES string of the molecule is CCCCCC(Nc1ccc(O)c(F)c1)c1ccccc1. The summed E-state index contributed by atoms with van der Waals surface area (Å²) in [5, 5.41) is 12.6. The van der Waals surface area contributed by atoms with E-state index in [1.165, 1.54) is 30.5 Å². The zero-order valence-corrected chi connectivity index (χ0v) is 12.3. The van der Waals surface area contributed by atoms with Gasteiger partial charge in [0.25, 0.3) is 0 Å². The highest BCUT2D eigenvalue weighted by Crippen LogP contribution is 2.27. The number of hydrogen-bond acceptors (Lipinski definition) is 2. The van der Waals surface area contributed by atoms with Crippen LogP contribution in [0.25, 0.3) is 0 Å². The fraction of sp³-hybridized carbons (Fsp3) is 0.333. The molecule has 112 valence electrons. The van der Waals surface area contributed by atoms with E-state index >= 15 is 0 Å². The minimum Gasteiger partial charge on any atom is -0.505 e. The lowest BCUT2D eigenvalue weighted by Gasteiger charge is -2.20. The van der Waals surface area contributed by atoms with Gasteiger partial charge in [-0.3, -0.25) is 0 Å². The number of phenolic OH excluding ortho intramolecular Hbond substituents is 1. The first-order valence-electron chi connectivity index (χ1n) is 7.50. The van der Waals surface area contributed by atoms with Gasteiger partial charge in [-0.05, 0) is 24.1 Å². The summed E-state index contributed by atoms with van der Waals surface area (Å²) in [6, 6.07) is 14.8. The number of anilines is 1.